The Labute approximate surface area is 176 Å². The Morgan fingerprint density at radius 2 is 1.72 bits per heavy atom. The number of carbonyl (C=O) groups is 1. The van der Waals surface area contributed by atoms with Crippen molar-refractivity contribution in [3.05, 3.63) is 77.2 Å². The van der Waals surface area contributed by atoms with E-state index in [1.807, 2.05) is 25.2 Å². The van der Waals surface area contributed by atoms with Crippen LogP contribution in [0.2, 0.25) is 0 Å². The molecule has 0 aliphatic rings. The van der Waals surface area contributed by atoms with Crippen LogP contribution in [0, 0.1) is 0 Å². The third-order valence-electron chi connectivity index (χ3n) is 4.93. The summed E-state index contributed by atoms with van der Waals surface area (Å²) >= 11 is 1.29. The van der Waals surface area contributed by atoms with Crippen molar-refractivity contribution in [3.8, 4) is 0 Å². The smallest absolute Gasteiger partial charge is 0.277 e. The molecular weight excluding hydrogens is 382 g/mol. The van der Waals surface area contributed by atoms with Crippen LogP contribution in [0.5, 0.6) is 0 Å². The topological polar surface area (TPSA) is 59.2 Å². The summed E-state index contributed by atoms with van der Waals surface area (Å²) in [6, 6.07) is 18.5. The van der Waals surface area contributed by atoms with Crippen molar-refractivity contribution in [2.75, 3.05) is 12.8 Å². The second kappa shape index (κ2) is 10.3. The predicted octanol–water partition coefficient (Wildman–Crippen LogP) is 4.92. The fourth-order valence-electron chi connectivity index (χ4n) is 3.13. The van der Waals surface area contributed by atoms with E-state index in [0.29, 0.717) is 17.7 Å². The van der Waals surface area contributed by atoms with Crippen LogP contribution in [0.4, 0.5) is 0 Å². The summed E-state index contributed by atoms with van der Waals surface area (Å²) < 4.78 is 5.84. The number of hydrogen-bond donors (Lipinski definition) is 0. The number of aryl methyl sites for hydroxylation is 1. The fraction of sp³-hybridized carbons (Fsp3) is 0.348. The Kier molecular flexibility index (Phi) is 7.47. The summed E-state index contributed by atoms with van der Waals surface area (Å²) in [6.45, 7) is 4.82. The molecule has 0 fully saturated rings. The van der Waals surface area contributed by atoms with Gasteiger partial charge in [0.25, 0.3) is 5.22 Å². The highest BCUT2D eigenvalue weighted by atomic mass is 32.2. The van der Waals surface area contributed by atoms with Crippen molar-refractivity contribution in [1.29, 1.82) is 0 Å². The minimum atomic E-state index is 0.0319. The lowest BCUT2D eigenvalue weighted by molar-refractivity contribution is -0.127. The highest BCUT2D eigenvalue weighted by Gasteiger charge is 2.20. The van der Waals surface area contributed by atoms with Crippen LogP contribution in [0.25, 0.3) is 0 Å². The van der Waals surface area contributed by atoms with Gasteiger partial charge in [0.2, 0.25) is 11.8 Å². The minimum Gasteiger partial charge on any atom is -0.415 e. The average molecular weight is 410 g/mol. The first-order valence-corrected chi connectivity index (χ1v) is 10.9. The van der Waals surface area contributed by atoms with Gasteiger partial charge >= 0.3 is 0 Å². The largest absolute Gasteiger partial charge is 0.415 e. The lowest BCUT2D eigenvalue weighted by Gasteiger charge is -2.16. The lowest BCUT2D eigenvalue weighted by Crippen LogP contribution is -2.27. The van der Waals surface area contributed by atoms with E-state index < -0.39 is 0 Å². The maximum absolute atomic E-state index is 12.5. The van der Waals surface area contributed by atoms with Gasteiger partial charge in [-0.3, -0.25) is 4.79 Å². The summed E-state index contributed by atoms with van der Waals surface area (Å²) in [4.78, 5) is 14.2. The Morgan fingerprint density at radius 3 is 2.38 bits per heavy atom. The second-order valence-electron chi connectivity index (χ2n) is 6.99. The summed E-state index contributed by atoms with van der Waals surface area (Å²) in [5, 5.41) is 8.76. The van der Waals surface area contributed by atoms with Crippen molar-refractivity contribution < 1.29 is 9.21 Å². The number of rotatable bonds is 9. The van der Waals surface area contributed by atoms with Crippen LogP contribution in [0.3, 0.4) is 0 Å². The number of benzene rings is 2. The second-order valence-corrected chi connectivity index (χ2v) is 7.91. The molecule has 6 heteroatoms. The monoisotopic (exact) mass is 409 g/mol. The molecule has 0 saturated heterocycles. The number of nitrogens with zero attached hydrogens (tertiary/aromatic N) is 3. The molecule has 3 rings (SSSR count). The number of thioether (sulfide) groups is 1. The first-order valence-electron chi connectivity index (χ1n) is 9.93. The molecule has 1 amide bonds. The standard InChI is InChI=1S/C23H27N3O2S/c1-4-17-11-13-18(14-12-17)15-26(3)21(27)16-29-23-25-24-22(28-23)20(5-2)19-9-7-6-8-10-19/h6-14,20H,4-5,15-16H2,1-3H3. The highest BCUT2D eigenvalue weighted by molar-refractivity contribution is 7.99. The van der Waals surface area contributed by atoms with E-state index in [0.717, 1.165) is 24.0 Å². The third-order valence-corrected chi connectivity index (χ3v) is 5.73. The summed E-state index contributed by atoms with van der Waals surface area (Å²) in [6.07, 6.45) is 1.88. The molecule has 0 aliphatic heterocycles. The Morgan fingerprint density at radius 1 is 1.03 bits per heavy atom. The average Bonchev–Trinajstić information content (AvgIpc) is 3.22. The molecule has 0 saturated carbocycles. The first kappa shape index (κ1) is 21.1. The Bertz CT molecular complexity index is 909. The molecule has 1 atom stereocenters. The molecule has 5 nitrogen and oxygen atoms in total. The van der Waals surface area contributed by atoms with Crippen LogP contribution in [0.1, 0.15) is 48.8 Å². The molecule has 2 aromatic carbocycles. The number of hydrogen-bond acceptors (Lipinski definition) is 5. The molecule has 0 spiro atoms. The number of amides is 1. The molecule has 0 aliphatic carbocycles. The minimum absolute atomic E-state index is 0.0319. The van der Waals surface area contributed by atoms with E-state index in [4.69, 9.17) is 4.42 Å². The zero-order valence-corrected chi connectivity index (χ0v) is 18.0. The molecule has 1 aromatic heterocycles. The molecule has 29 heavy (non-hydrogen) atoms. The van der Waals surface area contributed by atoms with Crippen molar-refractivity contribution >= 4 is 17.7 Å². The highest BCUT2D eigenvalue weighted by Crippen LogP contribution is 2.28. The first-order chi connectivity index (χ1) is 14.1. The lowest BCUT2D eigenvalue weighted by atomic mass is 9.97. The number of aromatic nitrogens is 2. The van der Waals surface area contributed by atoms with E-state index in [1.165, 1.54) is 17.3 Å². The normalized spacial score (nSPS) is 12.0. The molecule has 0 bridgehead atoms. The van der Waals surface area contributed by atoms with Crippen LogP contribution in [-0.4, -0.2) is 33.8 Å². The van der Waals surface area contributed by atoms with Gasteiger partial charge in [0.15, 0.2) is 0 Å². The van der Waals surface area contributed by atoms with Gasteiger partial charge in [-0.1, -0.05) is 80.2 Å². The fourth-order valence-corrected chi connectivity index (χ4v) is 3.84. The van der Waals surface area contributed by atoms with Crippen LogP contribution >= 0.6 is 11.8 Å². The maximum atomic E-state index is 12.5. The Hall–Kier alpha value is -2.60. The van der Waals surface area contributed by atoms with Crippen molar-refractivity contribution in [1.82, 2.24) is 15.1 Å². The van der Waals surface area contributed by atoms with Crippen molar-refractivity contribution in [3.63, 3.8) is 0 Å². The van der Waals surface area contributed by atoms with E-state index in [2.05, 4.69) is 60.4 Å². The molecule has 0 N–H and O–H groups in total. The molecule has 152 valence electrons. The van der Waals surface area contributed by atoms with Crippen molar-refractivity contribution in [2.24, 2.45) is 0 Å². The van der Waals surface area contributed by atoms with E-state index in [1.54, 1.807) is 4.90 Å². The predicted molar refractivity (Wildman–Crippen MR) is 116 cm³/mol. The zero-order valence-electron chi connectivity index (χ0n) is 17.2. The zero-order chi connectivity index (χ0) is 20.6. The summed E-state index contributed by atoms with van der Waals surface area (Å²) in [5.41, 5.74) is 3.57. The van der Waals surface area contributed by atoms with Gasteiger partial charge in [0.05, 0.1) is 11.7 Å². The van der Waals surface area contributed by atoms with Gasteiger partial charge in [0, 0.05) is 13.6 Å². The Balaban J connectivity index is 1.54. The van der Waals surface area contributed by atoms with Gasteiger partial charge in [-0.25, -0.2) is 0 Å². The maximum Gasteiger partial charge on any atom is 0.277 e. The number of carbonyl (C=O) groups excluding carboxylic acids is 1. The molecule has 3 aromatic rings. The quantitative estimate of drug-likeness (QED) is 0.469. The van der Waals surface area contributed by atoms with Gasteiger partial charge < -0.3 is 9.32 Å². The van der Waals surface area contributed by atoms with Gasteiger partial charge in [-0.15, -0.1) is 10.2 Å². The summed E-state index contributed by atoms with van der Waals surface area (Å²) in [5.74, 6) is 0.970. The molecular formula is C23H27N3O2S. The van der Waals surface area contributed by atoms with Crippen LogP contribution in [-0.2, 0) is 17.8 Å². The molecule has 1 unspecified atom stereocenters. The SMILES string of the molecule is CCc1ccc(CN(C)C(=O)CSc2nnc(C(CC)c3ccccc3)o2)cc1. The molecule has 0 radical (unpaired) electrons. The van der Waals surface area contributed by atoms with Crippen LogP contribution in [0.15, 0.2) is 64.2 Å². The van der Waals surface area contributed by atoms with Gasteiger partial charge in [0.1, 0.15) is 0 Å². The van der Waals surface area contributed by atoms with E-state index in [9.17, 15) is 4.79 Å². The molecule has 1 heterocycles. The van der Waals surface area contributed by atoms with Gasteiger partial charge in [-0.05, 0) is 29.5 Å². The van der Waals surface area contributed by atoms with E-state index >= 15 is 0 Å². The summed E-state index contributed by atoms with van der Waals surface area (Å²) in [7, 11) is 1.82. The third kappa shape index (κ3) is 5.70. The van der Waals surface area contributed by atoms with E-state index in [-0.39, 0.29) is 17.6 Å². The van der Waals surface area contributed by atoms with Crippen LogP contribution < -0.4 is 0 Å². The van der Waals surface area contributed by atoms with Gasteiger partial charge in [-0.2, -0.15) is 0 Å². The van der Waals surface area contributed by atoms with Crippen molar-refractivity contribution in [2.45, 2.75) is 44.4 Å².